The lowest BCUT2D eigenvalue weighted by atomic mass is 10.1. The maximum absolute atomic E-state index is 12.4. The van der Waals surface area contributed by atoms with Crippen LogP contribution in [0.2, 0.25) is 0 Å². The molecular formula is C15H21N3O4. The summed E-state index contributed by atoms with van der Waals surface area (Å²) >= 11 is 0. The number of hydrogen-bond donors (Lipinski definition) is 1. The number of nitrogens with zero attached hydrogens (tertiary/aromatic N) is 2. The van der Waals surface area contributed by atoms with Crippen LogP contribution >= 0.6 is 0 Å². The van der Waals surface area contributed by atoms with Gasteiger partial charge in [-0.3, -0.25) is 9.59 Å². The van der Waals surface area contributed by atoms with Crippen LogP contribution in [0, 0.1) is 0 Å². The Morgan fingerprint density at radius 1 is 1.41 bits per heavy atom. The summed E-state index contributed by atoms with van der Waals surface area (Å²) in [6.45, 7) is 5.36. The lowest BCUT2D eigenvalue weighted by molar-refractivity contribution is -0.142. The first-order valence-corrected chi connectivity index (χ1v) is 7.74. The van der Waals surface area contributed by atoms with Crippen molar-refractivity contribution < 1.29 is 18.7 Å². The Kier molecular flexibility index (Phi) is 4.15. The first kappa shape index (κ1) is 15.0. The average molecular weight is 307 g/mol. The lowest BCUT2D eigenvalue weighted by Crippen LogP contribution is -2.41. The summed E-state index contributed by atoms with van der Waals surface area (Å²) in [6, 6.07) is 0.0222. The third-order valence-electron chi connectivity index (χ3n) is 3.86. The van der Waals surface area contributed by atoms with Crippen molar-refractivity contribution in [3.63, 3.8) is 0 Å². The maximum Gasteiger partial charge on any atom is 0.307 e. The van der Waals surface area contributed by atoms with Gasteiger partial charge in [0.15, 0.2) is 0 Å². The van der Waals surface area contributed by atoms with E-state index in [9.17, 15) is 9.59 Å². The first-order valence-electron chi connectivity index (χ1n) is 7.74. The number of fused-ring (bicyclic) bond motifs is 1. The summed E-state index contributed by atoms with van der Waals surface area (Å²) in [7, 11) is 0. The first-order chi connectivity index (χ1) is 10.5. The summed E-state index contributed by atoms with van der Waals surface area (Å²) in [6.07, 6.45) is 1.97. The standard InChI is InChI=1S/C15H21N3O4/c1-9(2)16-13(19)14-17-10-8-18(6-5-11(10)22-14)15(20)12-4-3-7-21-12/h9,12H,3-8H2,1-2H3,(H,16,19). The minimum atomic E-state index is -0.322. The molecule has 1 aromatic heterocycles. The summed E-state index contributed by atoms with van der Waals surface area (Å²) in [5.74, 6) is 0.469. The highest BCUT2D eigenvalue weighted by atomic mass is 16.5. The molecule has 0 aromatic carbocycles. The number of carbonyl (C=O) groups excluding carboxylic acids is 2. The molecule has 120 valence electrons. The summed E-state index contributed by atoms with van der Waals surface area (Å²) in [5, 5.41) is 2.75. The second-order valence-electron chi connectivity index (χ2n) is 6.03. The SMILES string of the molecule is CC(C)NC(=O)c1nc2c(o1)CCN(C(=O)C1CCCO1)C2. The van der Waals surface area contributed by atoms with Gasteiger partial charge in [-0.05, 0) is 26.7 Å². The number of hydrogen-bond acceptors (Lipinski definition) is 5. The Hall–Kier alpha value is -1.89. The fraction of sp³-hybridized carbons (Fsp3) is 0.667. The van der Waals surface area contributed by atoms with Crippen LogP contribution in [0.4, 0.5) is 0 Å². The maximum atomic E-state index is 12.4. The van der Waals surface area contributed by atoms with Gasteiger partial charge in [-0.1, -0.05) is 0 Å². The van der Waals surface area contributed by atoms with E-state index in [2.05, 4.69) is 10.3 Å². The molecule has 3 heterocycles. The van der Waals surface area contributed by atoms with Gasteiger partial charge in [0.25, 0.3) is 11.8 Å². The van der Waals surface area contributed by atoms with Crippen molar-refractivity contribution in [3.05, 3.63) is 17.3 Å². The average Bonchev–Trinajstić information content (AvgIpc) is 3.14. The lowest BCUT2D eigenvalue weighted by Gasteiger charge is -2.27. The van der Waals surface area contributed by atoms with Crippen LogP contribution in [0.5, 0.6) is 0 Å². The Morgan fingerprint density at radius 3 is 2.91 bits per heavy atom. The summed E-state index contributed by atoms with van der Waals surface area (Å²) in [4.78, 5) is 30.3. The highest BCUT2D eigenvalue weighted by Gasteiger charge is 2.32. The zero-order valence-electron chi connectivity index (χ0n) is 12.9. The molecule has 1 atom stereocenters. The minimum Gasteiger partial charge on any atom is -0.437 e. The molecule has 0 bridgehead atoms. The Labute approximate surface area is 129 Å². The van der Waals surface area contributed by atoms with Gasteiger partial charge >= 0.3 is 5.91 Å². The normalized spacial score (nSPS) is 21.0. The van der Waals surface area contributed by atoms with Gasteiger partial charge < -0.3 is 19.4 Å². The summed E-state index contributed by atoms with van der Waals surface area (Å²) < 4.78 is 11.0. The fourth-order valence-corrected chi connectivity index (χ4v) is 2.78. The Balaban J connectivity index is 1.69. The monoisotopic (exact) mass is 307 g/mol. The highest BCUT2D eigenvalue weighted by Crippen LogP contribution is 2.23. The van der Waals surface area contributed by atoms with Crippen LogP contribution in [0.1, 0.15) is 48.8 Å². The van der Waals surface area contributed by atoms with E-state index in [4.69, 9.17) is 9.15 Å². The molecule has 7 heteroatoms. The highest BCUT2D eigenvalue weighted by molar-refractivity contribution is 5.90. The molecule has 1 fully saturated rings. The van der Waals surface area contributed by atoms with Crippen molar-refractivity contribution in [2.45, 2.75) is 51.8 Å². The van der Waals surface area contributed by atoms with Crippen LogP contribution in [0.3, 0.4) is 0 Å². The fourth-order valence-electron chi connectivity index (χ4n) is 2.78. The van der Waals surface area contributed by atoms with Gasteiger partial charge in [0.05, 0.1) is 6.54 Å². The summed E-state index contributed by atoms with van der Waals surface area (Å²) in [5.41, 5.74) is 0.673. The van der Waals surface area contributed by atoms with Crippen LogP contribution in [0.15, 0.2) is 4.42 Å². The van der Waals surface area contributed by atoms with Crippen molar-refractivity contribution in [2.75, 3.05) is 13.2 Å². The third kappa shape index (κ3) is 2.99. The van der Waals surface area contributed by atoms with E-state index in [1.807, 2.05) is 13.8 Å². The molecule has 7 nitrogen and oxygen atoms in total. The van der Waals surface area contributed by atoms with Crippen LogP contribution < -0.4 is 5.32 Å². The number of amides is 2. The van der Waals surface area contributed by atoms with Gasteiger partial charge in [0.2, 0.25) is 0 Å². The largest absolute Gasteiger partial charge is 0.437 e. The van der Waals surface area contributed by atoms with Crippen molar-refractivity contribution in [3.8, 4) is 0 Å². The van der Waals surface area contributed by atoms with Crippen LogP contribution in [-0.4, -0.2) is 47.0 Å². The minimum absolute atomic E-state index is 0.0133. The molecule has 0 radical (unpaired) electrons. The van der Waals surface area contributed by atoms with E-state index in [-0.39, 0.29) is 29.9 Å². The third-order valence-corrected chi connectivity index (χ3v) is 3.86. The smallest absolute Gasteiger partial charge is 0.307 e. The molecule has 0 aliphatic carbocycles. The number of ether oxygens (including phenoxy) is 1. The van der Waals surface area contributed by atoms with Crippen molar-refractivity contribution in [1.82, 2.24) is 15.2 Å². The molecule has 1 saturated heterocycles. The molecule has 0 saturated carbocycles. The molecule has 0 spiro atoms. The van der Waals surface area contributed by atoms with Gasteiger partial charge in [-0.25, -0.2) is 4.98 Å². The van der Waals surface area contributed by atoms with E-state index < -0.39 is 0 Å². The van der Waals surface area contributed by atoms with Gasteiger partial charge in [0.1, 0.15) is 17.6 Å². The van der Waals surface area contributed by atoms with Crippen molar-refractivity contribution in [2.24, 2.45) is 0 Å². The molecule has 1 aromatic rings. The quantitative estimate of drug-likeness (QED) is 0.896. The number of nitrogens with one attached hydrogen (secondary N) is 1. The Morgan fingerprint density at radius 2 is 2.23 bits per heavy atom. The zero-order valence-corrected chi connectivity index (χ0v) is 12.9. The van der Waals surface area contributed by atoms with Crippen molar-refractivity contribution in [1.29, 1.82) is 0 Å². The Bertz CT molecular complexity index is 575. The number of aromatic nitrogens is 1. The number of oxazole rings is 1. The predicted molar refractivity (Wildman–Crippen MR) is 77.2 cm³/mol. The topological polar surface area (TPSA) is 84.7 Å². The number of rotatable bonds is 3. The molecular weight excluding hydrogens is 286 g/mol. The van der Waals surface area contributed by atoms with Gasteiger partial charge in [-0.15, -0.1) is 0 Å². The molecule has 2 aliphatic heterocycles. The van der Waals surface area contributed by atoms with E-state index in [1.54, 1.807) is 4.90 Å². The molecule has 2 aliphatic rings. The molecule has 1 unspecified atom stereocenters. The van der Waals surface area contributed by atoms with Crippen LogP contribution in [-0.2, 0) is 22.5 Å². The van der Waals surface area contributed by atoms with Gasteiger partial charge in [-0.2, -0.15) is 0 Å². The van der Waals surface area contributed by atoms with Crippen LogP contribution in [0.25, 0.3) is 0 Å². The molecule has 2 amide bonds. The second kappa shape index (κ2) is 6.08. The van der Waals surface area contributed by atoms with E-state index in [0.717, 1.165) is 12.8 Å². The van der Waals surface area contributed by atoms with Crippen molar-refractivity contribution >= 4 is 11.8 Å². The van der Waals surface area contributed by atoms with Gasteiger partial charge in [0, 0.05) is 25.6 Å². The molecule has 1 N–H and O–H groups in total. The zero-order chi connectivity index (χ0) is 15.7. The molecule has 3 rings (SSSR count). The van der Waals surface area contributed by atoms with E-state index in [1.165, 1.54) is 0 Å². The second-order valence-corrected chi connectivity index (χ2v) is 6.03. The van der Waals surface area contributed by atoms with E-state index >= 15 is 0 Å². The molecule has 22 heavy (non-hydrogen) atoms. The predicted octanol–water partition coefficient (Wildman–Crippen LogP) is 0.876. The number of carbonyl (C=O) groups is 2. The van der Waals surface area contributed by atoms with E-state index in [0.29, 0.717) is 37.6 Å².